The summed E-state index contributed by atoms with van der Waals surface area (Å²) in [5.74, 6) is 0. The van der Waals surface area contributed by atoms with Gasteiger partial charge in [-0.1, -0.05) is 24.3 Å². The van der Waals surface area contributed by atoms with Crippen molar-refractivity contribution in [2.75, 3.05) is 0 Å². The van der Waals surface area contributed by atoms with Crippen molar-refractivity contribution in [3.63, 3.8) is 0 Å². The maximum atomic E-state index is 10.6. The first kappa shape index (κ1) is 9.59. The molecule has 0 fully saturated rings. The molecule has 2 heteroatoms. The fraction of sp³-hybridized carbons (Fsp3) is 0.0769. The van der Waals surface area contributed by atoms with Gasteiger partial charge in [-0.2, -0.15) is 0 Å². The van der Waals surface area contributed by atoms with Crippen LogP contribution in [0, 0.1) is 0 Å². The molecule has 1 aromatic heterocycles. The minimum Gasteiger partial charge on any atom is -0.298 e. The summed E-state index contributed by atoms with van der Waals surface area (Å²) in [7, 11) is 0. The van der Waals surface area contributed by atoms with Gasteiger partial charge >= 0.3 is 0 Å². The molecule has 0 radical (unpaired) electrons. The Balaban J connectivity index is 2.66. The average molecular weight is 197 g/mol. The third-order valence-corrected chi connectivity index (χ3v) is 2.27. The van der Waals surface area contributed by atoms with Crippen LogP contribution in [-0.4, -0.2) is 11.3 Å². The summed E-state index contributed by atoms with van der Waals surface area (Å²) < 4.78 is 0. The second kappa shape index (κ2) is 4.05. The minimum absolute atomic E-state index is 0.702. The number of pyridine rings is 1. The van der Waals surface area contributed by atoms with Gasteiger partial charge in [0.1, 0.15) is 6.29 Å². The molecule has 0 aliphatic heterocycles. The summed E-state index contributed by atoms with van der Waals surface area (Å²) >= 11 is 0. The number of aldehydes is 1. The van der Waals surface area contributed by atoms with Gasteiger partial charge in [-0.05, 0) is 24.0 Å². The monoisotopic (exact) mass is 197 g/mol. The molecular formula is C13H11NO. The van der Waals surface area contributed by atoms with Crippen molar-refractivity contribution in [1.82, 2.24) is 4.98 Å². The molecule has 1 aromatic carbocycles. The molecular weight excluding hydrogens is 186 g/mol. The summed E-state index contributed by atoms with van der Waals surface area (Å²) in [6.45, 7) is 1.79. The molecule has 0 aliphatic carbocycles. The number of benzene rings is 1. The van der Waals surface area contributed by atoms with E-state index in [1.54, 1.807) is 13.1 Å². The largest absolute Gasteiger partial charge is 0.298 e. The number of fused-ring (bicyclic) bond motifs is 1. The summed E-state index contributed by atoms with van der Waals surface area (Å²) in [6, 6.07) is 8.00. The smallest absolute Gasteiger partial charge is 0.145 e. The van der Waals surface area contributed by atoms with Crippen LogP contribution in [0.2, 0.25) is 0 Å². The van der Waals surface area contributed by atoms with E-state index < -0.39 is 0 Å². The van der Waals surface area contributed by atoms with Crippen LogP contribution in [0.4, 0.5) is 0 Å². The van der Waals surface area contributed by atoms with Crippen molar-refractivity contribution in [3.8, 4) is 0 Å². The Morgan fingerprint density at radius 2 is 2.07 bits per heavy atom. The quantitative estimate of drug-likeness (QED) is 0.547. The highest BCUT2D eigenvalue weighted by Gasteiger charge is 1.98. The molecule has 15 heavy (non-hydrogen) atoms. The summed E-state index contributed by atoms with van der Waals surface area (Å²) in [4.78, 5) is 14.7. The second-order valence-electron chi connectivity index (χ2n) is 3.46. The molecule has 0 bridgehead atoms. The first-order chi connectivity index (χ1) is 7.31. The van der Waals surface area contributed by atoms with Gasteiger partial charge in [-0.15, -0.1) is 0 Å². The van der Waals surface area contributed by atoms with Gasteiger partial charge in [-0.25, -0.2) is 0 Å². The Hall–Kier alpha value is -1.96. The third-order valence-electron chi connectivity index (χ3n) is 2.27. The molecule has 2 nitrogen and oxygen atoms in total. The fourth-order valence-electron chi connectivity index (χ4n) is 1.53. The van der Waals surface area contributed by atoms with Crippen molar-refractivity contribution in [1.29, 1.82) is 0 Å². The maximum Gasteiger partial charge on any atom is 0.145 e. The van der Waals surface area contributed by atoms with Crippen LogP contribution in [0.1, 0.15) is 12.5 Å². The number of hydrogen-bond acceptors (Lipinski definition) is 2. The zero-order valence-corrected chi connectivity index (χ0v) is 8.47. The van der Waals surface area contributed by atoms with Crippen molar-refractivity contribution < 1.29 is 4.79 Å². The maximum absolute atomic E-state index is 10.6. The zero-order chi connectivity index (χ0) is 10.7. The van der Waals surface area contributed by atoms with Crippen LogP contribution in [0.15, 0.2) is 42.2 Å². The lowest BCUT2D eigenvalue weighted by molar-refractivity contribution is -0.104. The first-order valence-electron chi connectivity index (χ1n) is 4.77. The van der Waals surface area contributed by atoms with E-state index >= 15 is 0 Å². The summed E-state index contributed by atoms with van der Waals surface area (Å²) in [6.07, 6.45) is 6.29. The second-order valence-corrected chi connectivity index (χ2v) is 3.46. The molecule has 0 saturated heterocycles. The number of nitrogens with zero attached hydrogens (tertiary/aromatic N) is 1. The third kappa shape index (κ3) is 1.94. The van der Waals surface area contributed by atoms with Crippen LogP contribution in [-0.2, 0) is 4.79 Å². The van der Waals surface area contributed by atoms with Crippen LogP contribution >= 0.6 is 0 Å². The number of carbonyl (C=O) groups is 1. The van der Waals surface area contributed by atoms with Gasteiger partial charge in [0.2, 0.25) is 0 Å². The molecule has 0 saturated carbocycles. The topological polar surface area (TPSA) is 30.0 Å². The van der Waals surface area contributed by atoms with Gasteiger partial charge in [0.15, 0.2) is 0 Å². The average Bonchev–Trinajstić information content (AvgIpc) is 2.29. The van der Waals surface area contributed by atoms with E-state index in [9.17, 15) is 4.79 Å². The Labute approximate surface area is 88.3 Å². The molecule has 0 unspecified atom stereocenters. The Bertz CT molecular complexity index is 524. The van der Waals surface area contributed by atoms with Gasteiger partial charge in [0.05, 0.1) is 0 Å². The highest BCUT2D eigenvalue weighted by atomic mass is 16.1. The molecule has 0 spiro atoms. The van der Waals surface area contributed by atoms with E-state index in [2.05, 4.69) is 4.98 Å². The fourth-order valence-corrected chi connectivity index (χ4v) is 1.53. The molecule has 0 aliphatic rings. The zero-order valence-electron chi connectivity index (χ0n) is 8.47. The van der Waals surface area contributed by atoms with Gasteiger partial charge in [0.25, 0.3) is 0 Å². The Morgan fingerprint density at radius 1 is 1.27 bits per heavy atom. The number of rotatable bonds is 2. The van der Waals surface area contributed by atoms with Crippen LogP contribution in [0.3, 0.4) is 0 Å². The first-order valence-corrected chi connectivity index (χ1v) is 4.77. The lowest BCUT2D eigenvalue weighted by atomic mass is 10.1. The van der Waals surface area contributed by atoms with Gasteiger partial charge in [-0.3, -0.25) is 9.78 Å². The molecule has 2 rings (SSSR count). The highest BCUT2D eigenvalue weighted by molar-refractivity contribution is 5.92. The standard InChI is InChI=1S/C13H11NO/c1-10(9-15)6-12-8-14-7-11-4-2-3-5-13(11)12/h2-9H,1H3/b10-6-. The number of aromatic nitrogens is 1. The molecule has 0 N–H and O–H groups in total. The SMILES string of the molecule is C/C(C=O)=C/c1cncc2ccccc12. The van der Waals surface area contributed by atoms with E-state index in [-0.39, 0.29) is 0 Å². The minimum atomic E-state index is 0.702. The van der Waals surface area contributed by atoms with E-state index in [4.69, 9.17) is 0 Å². The van der Waals surface area contributed by atoms with Crippen molar-refractivity contribution in [3.05, 3.63) is 47.8 Å². The summed E-state index contributed by atoms with van der Waals surface area (Å²) in [5, 5.41) is 2.21. The molecule has 2 aromatic rings. The van der Waals surface area contributed by atoms with Gasteiger partial charge < -0.3 is 0 Å². The normalized spacial score (nSPS) is 11.7. The highest BCUT2D eigenvalue weighted by Crippen LogP contribution is 2.18. The Kier molecular flexibility index (Phi) is 2.59. The van der Waals surface area contributed by atoms with Gasteiger partial charge in [0, 0.05) is 23.3 Å². The van der Waals surface area contributed by atoms with E-state index in [0.29, 0.717) is 5.57 Å². The molecule has 0 atom stereocenters. The molecule has 0 amide bonds. The lowest BCUT2D eigenvalue weighted by Gasteiger charge is -2.01. The van der Waals surface area contributed by atoms with Crippen LogP contribution < -0.4 is 0 Å². The summed E-state index contributed by atoms with van der Waals surface area (Å²) in [5.41, 5.74) is 1.69. The predicted octanol–water partition coefficient (Wildman–Crippen LogP) is 2.84. The van der Waals surface area contributed by atoms with Crippen LogP contribution in [0.5, 0.6) is 0 Å². The van der Waals surface area contributed by atoms with Crippen molar-refractivity contribution in [2.45, 2.75) is 6.92 Å². The van der Waals surface area contributed by atoms with Crippen molar-refractivity contribution >= 4 is 23.1 Å². The lowest BCUT2D eigenvalue weighted by Crippen LogP contribution is -1.83. The predicted molar refractivity (Wildman–Crippen MR) is 61.5 cm³/mol. The molecule has 74 valence electrons. The van der Waals surface area contributed by atoms with E-state index in [1.807, 2.05) is 36.5 Å². The number of carbonyl (C=O) groups excluding carboxylic acids is 1. The molecule has 1 heterocycles. The Morgan fingerprint density at radius 3 is 2.87 bits per heavy atom. The number of hydrogen-bond donors (Lipinski definition) is 0. The van der Waals surface area contributed by atoms with E-state index in [1.165, 1.54) is 0 Å². The number of allylic oxidation sites excluding steroid dienone is 1. The van der Waals surface area contributed by atoms with Crippen molar-refractivity contribution in [2.24, 2.45) is 0 Å². The van der Waals surface area contributed by atoms with Crippen LogP contribution in [0.25, 0.3) is 16.8 Å². The van der Waals surface area contributed by atoms with E-state index in [0.717, 1.165) is 22.6 Å².